The van der Waals surface area contributed by atoms with Crippen LogP contribution in [0.2, 0.25) is 0 Å². The Morgan fingerprint density at radius 3 is 1.43 bits per heavy atom. The molecule has 0 aromatic carbocycles. The summed E-state index contributed by atoms with van der Waals surface area (Å²) in [5.41, 5.74) is 0.597. The van der Waals surface area contributed by atoms with Crippen molar-refractivity contribution in [2.75, 3.05) is 26.2 Å². The Kier molecular flexibility index (Phi) is 6.92. The van der Waals surface area contributed by atoms with E-state index < -0.39 is 0 Å². The molecule has 200 valence electrons. The molecule has 4 saturated carbocycles. The largest absolute Gasteiger partial charge is 1.00 e. The van der Waals surface area contributed by atoms with E-state index in [1.807, 2.05) is 0 Å². The molecule has 1 heterocycles. The van der Waals surface area contributed by atoms with Crippen molar-refractivity contribution in [1.82, 2.24) is 0 Å². The van der Waals surface area contributed by atoms with Crippen molar-refractivity contribution >= 4 is 11.9 Å². The summed E-state index contributed by atoms with van der Waals surface area (Å²) >= 11 is 0. The summed E-state index contributed by atoms with van der Waals surface area (Å²) in [5.74, 6) is 1.07. The quantitative estimate of drug-likeness (QED) is 0.408. The summed E-state index contributed by atoms with van der Waals surface area (Å²) < 4.78 is 12.9. The molecule has 0 amide bonds. The predicted octanol–water partition coefficient (Wildman–Crippen LogP) is 2.51. The van der Waals surface area contributed by atoms with E-state index >= 15 is 0 Å². The van der Waals surface area contributed by atoms with Gasteiger partial charge in [0.05, 0.1) is 13.1 Å². The van der Waals surface area contributed by atoms with Crippen LogP contribution in [-0.4, -0.2) is 54.8 Å². The van der Waals surface area contributed by atoms with Crippen molar-refractivity contribution in [3.05, 3.63) is 0 Å². The van der Waals surface area contributed by atoms with Crippen molar-refractivity contribution in [2.45, 2.75) is 112 Å². The summed E-state index contributed by atoms with van der Waals surface area (Å²) in [6.45, 7) is 16.4. The van der Waals surface area contributed by atoms with Crippen molar-refractivity contribution in [3.63, 3.8) is 0 Å². The van der Waals surface area contributed by atoms with Gasteiger partial charge in [-0.3, -0.25) is 0 Å². The average Bonchev–Trinajstić information content (AvgIpc) is 3.26. The van der Waals surface area contributed by atoms with Crippen LogP contribution in [0.5, 0.6) is 0 Å². The number of rotatable bonds is 6. The molecule has 5 aliphatic rings. The molecule has 6 heteroatoms. The maximum absolute atomic E-state index is 13.3. The van der Waals surface area contributed by atoms with Crippen molar-refractivity contribution < 1.29 is 36.0 Å². The molecule has 0 aromatic rings. The highest BCUT2D eigenvalue weighted by atomic mass is 35.5. The minimum atomic E-state index is -0.114. The third-order valence-corrected chi connectivity index (χ3v) is 12.7. The average molecular weight is 510 g/mol. The van der Waals surface area contributed by atoms with Gasteiger partial charge >= 0.3 is 11.9 Å². The molecular weight excluding hydrogens is 462 g/mol. The number of hydrogen-bond donors (Lipinski definition) is 0. The second-order valence-corrected chi connectivity index (χ2v) is 14.3. The number of fused-ring (bicyclic) bond motifs is 4. The topological polar surface area (TPSA) is 52.6 Å². The fourth-order valence-electron chi connectivity index (χ4n) is 9.11. The number of nitrogens with zero attached hydrogens (tertiary/aromatic N) is 1. The third-order valence-electron chi connectivity index (χ3n) is 12.7. The standard InChI is InChI=1S/C29H48NO4.ClH/c1-26(2)20-10-12-28(26,5)22(16-20)33-24(31)18-30(14-8-7-9-15-30)19-25(32)34-23-17-21-11-13-29(23,6)27(21,3)4;/h20-23H,7-19H2,1-6H3;1H/q+1;/p-1. The van der Waals surface area contributed by atoms with Crippen LogP contribution in [0, 0.1) is 33.5 Å². The number of piperidine rings is 1. The third kappa shape index (κ3) is 4.06. The lowest BCUT2D eigenvalue weighted by molar-refractivity contribution is -0.919. The highest BCUT2D eigenvalue weighted by Crippen LogP contribution is 2.67. The number of likely N-dealkylation sites (tertiary alicyclic amines) is 1. The number of ether oxygens (including phenoxy) is 2. The molecular formula is C29H48ClNO4. The molecule has 5 fully saturated rings. The Balaban J connectivity index is 0.00000289. The van der Waals surface area contributed by atoms with Crippen molar-refractivity contribution in [1.29, 1.82) is 0 Å². The molecule has 0 spiro atoms. The molecule has 4 aliphatic carbocycles. The van der Waals surface area contributed by atoms with Gasteiger partial charge in [-0.25, -0.2) is 9.59 Å². The van der Waals surface area contributed by atoms with E-state index in [1.165, 1.54) is 19.3 Å². The Hall–Kier alpha value is -0.810. The first-order valence-corrected chi connectivity index (χ1v) is 14.1. The van der Waals surface area contributed by atoms with Crippen LogP contribution in [0.15, 0.2) is 0 Å². The number of halogens is 1. The van der Waals surface area contributed by atoms with E-state index in [0.29, 0.717) is 29.4 Å². The van der Waals surface area contributed by atoms with Gasteiger partial charge in [-0.2, -0.15) is 0 Å². The van der Waals surface area contributed by atoms with Crippen LogP contribution >= 0.6 is 0 Å². The summed E-state index contributed by atoms with van der Waals surface area (Å²) in [6.07, 6.45) is 10.1. The van der Waals surface area contributed by atoms with Crippen LogP contribution in [0.4, 0.5) is 0 Å². The molecule has 4 bridgehead atoms. The molecule has 1 saturated heterocycles. The molecule has 0 aromatic heterocycles. The molecule has 0 radical (unpaired) electrons. The first-order valence-electron chi connectivity index (χ1n) is 14.1. The van der Waals surface area contributed by atoms with Gasteiger partial charge in [-0.05, 0) is 80.5 Å². The molecule has 6 unspecified atom stereocenters. The van der Waals surface area contributed by atoms with E-state index in [1.54, 1.807) is 0 Å². The first-order chi connectivity index (χ1) is 15.8. The SMILES string of the molecule is CC1(C)C2CCC1(C)C(OC(=O)C[N+]1(CC(=O)OC3CC4CCC3(C)C4(C)C)CCCCC1)C2.[Cl-]. The Morgan fingerprint density at radius 2 is 1.11 bits per heavy atom. The lowest BCUT2D eigenvalue weighted by Crippen LogP contribution is -3.00. The second-order valence-electron chi connectivity index (χ2n) is 14.3. The molecule has 5 rings (SSSR count). The van der Waals surface area contributed by atoms with E-state index in [9.17, 15) is 9.59 Å². The van der Waals surface area contributed by atoms with Gasteiger partial charge in [0.2, 0.25) is 0 Å². The van der Waals surface area contributed by atoms with Crippen molar-refractivity contribution in [3.8, 4) is 0 Å². The maximum Gasteiger partial charge on any atom is 0.362 e. The summed E-state index contributed by atoms with van der Waals surface area (Å²) in [6, 6.07) is 0. The summed E-state index contributed by atoms with van der Waals surface area (Å²) in [7, 11) is 0. The maximum atomic E-state index is 13.3. The van der Waals surface area contributed by atoms with Gasteiger partial charge in [-0.1, -0.05) is 41.5 Å². The highest BCUT2D eigenvalue weighted by molar-refractivity contribution is 5.73. The number of quaternary nitrogens is 1. The highest BCUT2D eigenvalue weighted by Gasteiger charge is 2.64. The van der Waals surface area contributed by atoms with E-state index in [4.69, 9.17) is 9.47 Å². The monoisotopic (exact) mass is 509 g/mol. The number of esters is 2. The number of carbonyl (C=O) groups is 2. The van der Waals surface area contributed by atoms with Crippen LogP contribution in [0.1, 0.15) is 99.3 Å². The summed E-state index contributed by atoms with van der Waals surface area (Å²) in [4.78, 5) is 26.6. The number of carbonyl (C=O) groups excluding carboxylic acids is 2. The zero-order valence-electron chi connectivity index (χ0n) is 23.0. The van der Waals surface area contributed by atoms with Crippen LogP contribution in [0.3, 0.4) is 0 Å². The fourth-order valence-corrected chi connectivity index (χ4v) is 9.11. The molecule has 0 N–H and O–H groups in total. The van der Waals surface area contributed by atoms with Crippen LogP contribution in [0.25, 0.3) is 0 Å². The normalized spacial score (nSPS) is 41.9. The Bertz CT molecular complexity index is 788. The zero-order chi connectivity index (χ0) is 24.6. The van der Waals surface area contributed by atoms with E-state index in [0.717, 1.165) is 51.6 Å². The first kappa shape index (κ1) is 27.2. The number of hydrogen-bond acceptors (Lipinski definition) is 4. The van der Waals surface area contributed by atoms with Crippen LogP contribution in [-0.2, 0) is 19.1 Å². The van der Waals surface area contributed by atoms with Gasteiger partial charge in [0.25, 0.3) is 0 Å². The van der Waals surface area contributed by atoms with Gasteiger partial charge < -0.3 is 26.4 Å². The second kappa shape index (κ2) is 8.89. The fraction of sp³-hybridized carbons (Fsp3) is 0.931. The minimum absolute atomic E-state index is 0. The Morgan fingerprint density at radius 1 is 0.714 bits per heavy atom. The molecule has 5 nitrogen and oxygen atoms in total. The van der Waals surface area contributed by atoms with E-state index in [-0.39, 0.29) is 58.2 Å². The van der Waals surface area contributed by atoms with Gasteiger partial charge in [0.1, 0.15) is 12.2 Å². The molecule has 1 aliphatic heterocycles. The van der Waals surface area contributed by atoms with Crippen LogP contribution < -0.4 is 12.4 Å². The van der Waals surface area contributed by atoms with Gasteiger partial charge in [-0.15, -0.1) is 0 Å². The zero-order valence-corrected chi connectivity index (χ0v) is 23.7. The van der Waals surface area contributed by atoms with Gasteiger partial charge in [0.15, 0.2) is 13.1 Å². The van der Waals surface area contributed by atoms with E-state index in [2.05, 4.69) is 41.5 Å². The van der Waals surface area contributed by atoms with Gasteiger partial charge in [0, 0.05) is 10.8 Å². The predicted molar refractivity (Wildman–Crippen MR) is 132 cm³/mol. The van der Waals surface area contributed by atoms with Crippen molar-refractivity contribution in [2.24, 2.45) is 33.5 Å². The summed E-state index contributed by atoms with van der Waals surface area (Å²) in [5, 5.41) is 0. The molecule has 6 atom stereocenters. The lowest BCUT2D eigenvalue weighted by Gasteiger charge is -2.42. The smallest absolute Gasteiger partial charge is 0.362 e. The molecule has 35 heavy (non-hydrogen) atoms. The Labute approximate surface area is 219 Å². The lowest BCUT2D eigenvalue weighted by atomic mass is 9.70. The minimum Gasteiger partial charge on any atom is -1.00 e.